The quantitative estimate of drug-likeness (QED) is 0.451. The molecule has 2 saturated heterocycles. The van der Waals surface area contributed by atoms with Crippen LogP contribution in [-0.4, -0.2) is 29.0 Å². The Balaban J connectivity index is 1.57. The summed E-state index contributed by atoms with van der Waals surface area (Å²) in [6.07, 6.45) is -0.899. The van der Waals surface area contributed by atoms with Crippen molar-refractivity contribution in [1.29, 1.82) is 0 Å². The zero-order valence-electron chi connectivity index (χ0n) is 17.7. The van der Waals surface area contributed by atoms with Crippen LogP contribution in [-0.2, 0) is 14.3 Å². The largest absolute Gasteiger partial charge is 0.349 e. The third-order valence-electron chi connectivity index (χ3n) is 7.03. The van der Waals surface area contributed by atoms with Crippen molar-refractivity contribution in [2.24, 2.45) is 11.8 Å². The summed E-state index contributed by atoms with van der Waals surface area (Å²) in [6, 6.07) is 22.4. The first-order valence-corrected chi connectivity index (χ1v) is 10.8. The number of Topliss-reactive ketones (excluding diaryl/α,β-unsaturated/α-hetero) is 2. The number of benzene rings is 3. The maximum atomic E-state index is 13.8. The van der Waals surface area contributed by atoms with Crippen molar-refractivity contribution in [1.82, 2.24) is 0 Å². The average Bonchev–Trinajstić information content (AvgIpc) is 3.40. The number of nitrogens with zero attached hydrogens (tertiary/aromatic N) is 1. The number of amides is 2. The fourth-order valence-electron chi connectivity index (χ4n) is 5.54. The van der Waals surface area contributed by atoms with Crippen molar-refractivity contribution < 1.29 is 23.9 Å². The molecule has 3 unspecified atom stereocenters. The first-order valence-electron chi connectivity index (χ1n) is 10.8. The Labute approximate surface area is 189 Å². The fourth-order valence-corrected chi connectivity index (χ4v) is 5.54. The van der Waals surface area contributed by atoms with Gasteiger partial charge in [-0.1, -0.05) is 66.7 Å². The molecule has 3 aromatic carbocycles. The number of rotatable bonds is 2. The second-order valence-electron chi connectivity index (χ2n) is 8.69. The standard InChI is InChI=1S/C27H19NO5/c1-15-9-5-6-12-17(15)22-20-21(26(32)28(25(20)31)16-10-3-2-4-11-16)27(33-22)23(29)18-13-7-8-14-19(18)24(27)30/h2-14,20-22H,1H3. The summed E-state index contributed by atoms with van der Waals surface area (Å²) in [5.41, 5.74) is 0.368. The summed E-state index contributed by atoms with van der Waals surface area (Å²) >= 11 is 0. The van der Waals surface area contributed by atoms with Gasteiger partial charge in [0.25, 0.3) is 0 Å². The lowest BCUT2D eigenvalue weighted by Crippen LogP contribution is -2.51. The molecular weight excluding hydrogens is 418 g/mol. The molecule has 3 atom stereocenters. The van der Waals surface area contributed by atoms with Gasteiger partial charge in [0, 0.05) is 11.1 Å². The Hall–Kier alpha value is -3.90. The molecular formula is C27H19NO5. The van der Waals surface area contributed by atoms with Gasteiger partial charge in [0.05, 0.1) is 23.6 Å². The maximum Gasteiger partial charge on any atom is 0.241 e. The van der Waals surface area contributed by atoms with Gasteiger partial charge >= 0.3 is 0 Å². The van der Waals surface area contributed by atoms with Crippen LogP contribution >= 0.6 is 0 Å². The minimum Gasteiger partial charge on any atom is -0.349 e. The van der Waals surface area contributed by atoms with E-state index in [0.29, 0.717) is 11.3 Å². The smallest absolute Gasteiger partial charge is 0.241 e. The van der Waals surface area contributed by atoms with Gasteiger partial charge in [-0.05, 0) is 30.2 Å². The molecule has 2 heterocycles. The number of hydrogen-bond donors (Lipinski definition) is 0. The van der Waals surface area contributed by atoms with E-state index in [1.165, 1.54) is 0 Å². The Morgan fingerprint density at radius 3 is 1.94 bits per heavy atom. The lowest BCUT2D eigenvalue weighted by molar-refractivity contribution is -0.127. The lowest BCUT2D eigenvalue weighted by Gasteiger charge is -2.27. The van der Waals surface area contributed by atoms with Gasteiger partial charge in [0.15, 0.2) is 0 Å². The van der Waals surface area contributed by atoms with Gasteiger partial charge in [-0.3, -0.25) is 19.2 Å². The average molecular weight is 437 g/mol. The number of ketones is 2. The van der Waals surface area contributed by atoms with Gasteiger partial charge in [0.2, 0.25) is 29.0 Å². The number of anilines is 1. The summed E-state index contributed by atoms with van der Waals surface area (Å²) in [5, 5.41) is 0. The molecule has 6 rings (SSSR count). The van der Waals surface area contributed by atoms with Crippen molar-refractivity contribution in [3.8, 4) is 0 Å². The van der Waals surface area contributed by atoms with E-state index in [1.807, 2.05) is 31.2 Å². The highest BCUT2D eigenvalue weighted by Crippen LogP contribution is 2.58. The second kappa shape index (κ2) is 6.80. The minimum atomic E-state index is -2.04. The molecule has 162 valence electrons. The van der Waals surface area contributed by atoms with Crippen molar-refractivity contribution >= 4 is 29.1 Å². The predicted molar refractivity (Wildman–Crippen MR) is 119 cm³/mol. The van der Waals surface area contributed by atoms with E-state index < -0.39 is 46.9 Å². The Morgan fingerprint density at radius 1 is 0.727 bits per heavy atom. The molecule has 3 aliphatic rings. The van der Waals surface area contributed by atoms with E-state index in [2.05, 4.69) is 0 Å². The first kappa shape index (κ1) is 19.8. The van der Waals surface area contributed by atoms with Crippen LogP contribution in [0, 0.1) is 18.8 Å². The van der Waals surface area contributed by atoms with Crippen LogP contribution in [0.25, 0.3) is 0 Å². The maximum absolute atomic E-state index is 13.8. The van der Waals surface area contributed by atoms with Gasteiger partial charge in [-0.2, -0.15) is 0 Å². The summed E-state index contributed by atoms with van der Waals surface area (Å²) in [5.74, 6) is -4.36. The molecule has 33 heavy (non-hydrogen) atoms. The SMILES string of the molecule is Cc1ccccc1C1OC2(C(=O)c3ccccc3C2=O)C2C(=O)N(c3ccccc3)C(=O)C12. The fraction of sp³-hybridized carbons (Fsp3) is 0.185. The molecule has 0 bridgehead atoms. The Morgan fingerprint density at radius 2 is 1.30 bits per heavy atom. The molecule has 0 N–H and O–H groups in total. The number of carbonyl (C=O) groups excluding carboxylic acids is 4. The highest BCUT2D eigenvalue weighted by Gasteiger charge is 2.74. The van der Waals surface area contributed by atoms with Crippen LogP contribution in [0.5, 0.6) is 0 Å². The molecule has 1 aliphatic carbocycles. The van der Waals surface area contributed by atoms with Gasteiger partial charge in [0.1, 0.15) is 0 Å². The molecule has 6 nitrogen and oxygen atoms in total. The lowest BCUT2D eigenvalue weighted by atomic mass is 9.77. The van der Waals surface area contributed by atoms with Crippen LogP contribution in [0.1, 0.15) is 37.9 Å². The number of carbonyl (C=O) groups is 4. The van der Waals surface area contributed by atoms with Crippen molar-refractivity contribution in [3.05, 3.63) is 101 Å². The van der Waals surface area contributed by atoms with Crippen LogP contribution in [0.3, 0.4) is 0 Å². The Kier molecular flexibility index (Phi) is 4.07. The topological polar surface area (TPSA) is 80.8 Å². The number of imide groups is 1. The van der Waals surface area contributed by atoms with Crippen LogP contribution < -0.4 is 4.90 Å². The third-order valence-corrected chi connectivity index (χ3v) is 7.03. The number of ether oxygens (including phenoxy) is 1. The molecule has 0 radical (unpaired) electrons. The van der Waals surface area contributed by atoms with E-state index >= 15 is 0 Å². The van der Waals surface area contributed by atoms with Crippen LogP contribution in [0.2, 0.25) is 0 Å². The van der Waals surface area contributed by atoms with E-state index in [1.54, 1.807) is 54.6 Å². The van der Waals surface area contributed by atoms with Gasteiger partial charge < -0.3 is 4.74 Å². The molecule has 3 aromatic rings. The summed E-state index contributed by atoms with van der Waals surface area (Å²) in [6.45, 7) is 1.88. The van der Waals surface area contributed by atoms with Crippen LogP contribution in [0.15, 0.2) is 78.9 Å². The van der Waals surface area contributed by atoms with Crippen molar-refractivity contribution in [3.63, 3.8) is 0 Å². The molecule has 2 fully saturated rings. The third kappa shape index (κ3) is 2.41. The minimum absolute atomic E-state index is 0.227. The molecule has 0 saturated carbocycles. The highest BCUT2D eigenvalue weighted by molar-refractivity contribution is 6.37. The zero-order valence-corrected chi connectivity index (χ0v) is 17.7. The van der Waals surface area contributed by atoms with Gasteiger partial charge in [-0.25, -0.2) is 4.90 Å². The molecule has 2 aliphatic heterocycles. The first-order chi connectivity index (χ1) is 16.0. The summed E-state index contributed by atoms with van der Waals surface area (Å²) < 4.78 is 6.31. The van der Waals surface area contributed by atoms with E-state index in [-0.39, 0.29) is 11.1 Å². The van der Waals surface area contributed by atoms with E-state index in [0.717, 1.165) is 10.5 Å². The monoisotopic (exact) mass is 437 g/mol. The van der Waals surface area contributed by atoms with E-state index in [9.17, 15) is 19.2 Å². The normalized spacial score (nSPS) is 25.1. The number of fused-ring (bicyclic) bond motifs is 3. The molecule has 2 amide bonds. The van der Waals surface area contributed by atoms with Crippen molar-refractivity contribution in [2.75, 3.05) is 4.90 Å². The molecule has 1 spiro atoms. The predicted octanol–water partition coefficient (Wildman–Crippen LogP) is 3.69. The number of hydrogen-bond acceptors (Lipinski definition) is 5. The molecule has 0 aromatic heterocycles. The van der Waals surface area contributed by atoms with Gasteiger partial charge in [-0.15, -0.1) is 0 Å². The zero-order chi connectivity index (χ0) is 22.9. The molecule has 6 heteroatoms. The van der Waals surface area contributed by atoms with E-state index in [4.69, 9.17) is 4.74 Å². The number of para-hydroxylation sites is 1. The highest BCUT2D eigenvalue weighted by atomic mass is 16.5. The Bertz CT molecular complexity index is 1330. The van der Waals surface area contributed by atoms with Crippen molar-refractivity contribution in [2.45, 2.75) is 18.6 Å². The summed E-state index contributed by atoms with van der Waals surface area (Å²) in [7, 11) is 0. The summed E-state index contributed by atoms with van der Waals surface area (Å²) in [4.78, 5) is 56.0. The second-order valence-corrected chi connectivity index (χ2v) is 8.69. The van der Waals surface area contributed by atoms with Crippen LogP contribution in [0.4, 0.5) is 5.69 Å². The number of aryl methyl sites for hydroxylation is 1.